The van der Waals surface area contributed by atoms with Crippen LogP contribution in [0.2, 0.25) is 0 Å². The zero-order chi connectivity index (χ0) is 22.2. The fourth-order valence-electron chi connectivity index (χ4n) is 5.59. The van der Waals surface area contributed by atoms with Crippen molar-refractivity contribution in [2.45, 2.75) is 0 Å². The topological polar surface area (TPSA) is 4.93 Å². The molecule has 6 aromatic carbocycles. The largest absolute Gasteiger partial charge is 0.309 e. The van der Waals surface area contributed by atoms with Crippen LogP contribution in [-0.4, -0.2) is 4.57 Å². The number of benzene rings is 6. The fourth-order valence-corrected chi connectivity index (χ4v) is 6.72. The first-order valence-corrected chi connectivity index (χ1v) is 12.4. The molecule has 8 rings (SSSR count). The third-order valence-corrected chi connectivity index (χ3v) is 8.29. The average Bonchev–Trinajstić information content (AvgIpc) is 3.42. The van der Waals surface area contributed by atoms with Crippen LogP contribution >= 0.6 is 11.3 Å². The van der Waals surface area contributed by atoms with Gasteiger partial charge in [0.1, 0.15) is 0 Å². The average molecular weight is 450 g/mol. The van der Waals surface area contributed by atoms with Gasteiger partial charge in [0.25, 0.3) is 0 Å². The molecule has 0 atom stereocenters. The van der Waals surface area contributed by atoms with E-state index in [2.05, 4.69) is 120 Å². The minimum Gasteiger partial charge on any atom is -0.309 e. The van der Waals surface area contributed by atoms with E-state index >= 15 is 0 Å². The van der Waals surface area contributed by atoms with Crippen LogP contribution in [0.4, 0.5) is 0 Å². The Morgan fingerprint density at radius 2 is 1.12 bits per heavy atom. The van der Waals surface area contributed by atoms with Crippen molar-refractivity contribution in [2.75, 3.05) is 0 Å². The first-order valence-electron chi connectivity index (χ1n) is 11.6. The van der Waals surface area contributed by atoms with Crippen molar-refractivity contribution < 1.29 is 0 Å². The molecule has 0 aliphatic carbocycles. The summed E-state index contributed by atoms with van der Waals surface area (Å²) in [6.07, 6.45) is 0. The molecule has 8 aromatic rings. The van der Waals surface area contributed by atoms with E-state index in [0.29, 0.717) is 0 Å². The van der Waals surface area contributed by atoms with Crippen LogP contribution in [0, 0.1) is 0 Å². The molecule has 1 nitrogen and oxygen atoms in total. The number of hydrogen-bond acceptors (Lipinski definition) is 1. The van der Waals surface area contributed by atoms with Gasteiger partial charge in [-0.3, -0.25) is 0 Å². The number of para-hydroxylation sites is 1. The van der Waals surface area contributed by atoms with Gasteiger partial charge in [-0.2, -0.15) is 0 Å². The number of aromatic nitrogens is 1. The van der Waals surface area contributed by atoms with Crippen LogP contribution in [0.5, 0.6) is 0 Å². The summed E-state index contributed by atoms with van der Waals surface area (Å²) in [5.41, 5.74) is 3.72. The Morgan fingerprint density at radius 1 is 0.412 bits per heavy atom. The Hall–Kier alpha value is -4.14. The van der Waals surface area contributed by atoms with Gasteiger partial charge in [0.2, 0.25) is 0 Å². The van der Waals surface area contributed by atoms with E-state index in [1.54, 1.807) is 0 Å². The molecule has 0 fully saturated rings. The van der Waals surface area contributed by atoms with E-state index < -0.39 is 0 Å². The van der Waals surface area contributed by atoms with Crippen LogP contribution in [-0.2, 0) is 0 Å². The summed E-state index contributed by atoms with van der Waals surface area (Å²) in [7, 11) is 0. The van der Waals surface area contributed by atoms with Crippen molar-refractivity contribution in [3.05, 3.63) is 115 Å². The highest BCUT2D eigenvalue weighted by Gasteiger charge is 2.15. The fraction of sp³-hybridized carbons (Fsp3) is 0. The van der Waals surface area contributed by atoms with Crippen LogP contribution in [0.1, 0.15) is 0 Å². The Balaban J connectivity index is 1.52. The minimum atomic E-state index is 1.20. The highest BCUT2D eigenvalue weighted by Crippen LogP contribution is 2.41. The van der Waals surface area contributed by atoms with Gasteiger partial charge in [-0.05, 0) is 57.9 Å². The van der Waals surface area contributed by atoms with Gasteiger partial charge in [-0.15, -0.1) is 11.3 Å². The lowest BCUT2D eigenvalue weighted by Crippen LogP contribution is -1.94. The molecule has 2 heterocycles. The molecule has 0 aliphatic heterocycles. The summed E-state index contributed by atoms with van der Waals surface area (Å²) in [6.45, 7) is 0. The highest BCUT2D eigenvalue weighted by atomic mass is 32.1. The number of thiophene rings is 1. The van der Waals surface area contributed by atoms with Crippen LogP contribution in [0.15, 0.2) is 115 Å². The van der Waals surface area contributed by atoms with Gasteiger partial charge in [-0.1, -0.05) is 78.9 Å². The normalized spacial score (nSPS) is 12.1. The first-order chi connectivity index (χ1) is 16.8. The Kier molecular flexibility index (Phi) is 3.60. The van der Waals surface area contributed by atoms with E-state index in [4.69, 9.17) is 0 Å². The van der Waals surface area contributed by atoms with Gasteiger partial charge in [0.05, 0.1) is 11.0 Å². The van der Waals surface area contributed by atoms with Gasteiger partial charge >= 0.3 is 0 Å². The molecule has 0 saturated heterocycles. The lowest BCUT2D eigenvalue weighted by Gasteiger charge is -2.11. The SMILES string of the molecule is c1ccc2c(c1)ccc1ccc(-n3c4ccccc4c4cc5c(cc43)sc3ccccc35)cc12. The van der Waals surface area contributed by atoms with Crippen molar-refractivity contribution in [3.8, 4) is 5.69 Å². The van der Waals surface area contributed by atoms with Crippen molar-refractivity contribution in [2.24, 2.45) is 0 Å². The number of rotatable bonds is 1. The number of fused-ring (bicyclic) bond motifs is 9. The van der Waals surface area contributed by atoms with Gasteiger partial charge in [-0.25, -0.2) is 0 Å². The Bertz CT molecular complexity index is 2070. The molecule has 0 spiro atoms. The molecule has 0 radical (unpaired) electrons. The second-order valence-corrected chi connectivity index (χ2v) is 10.1. The third-order valence-electron chi connectivity index (χ3n) is 7.16. The Labute approximate surface area is 200 Å². The summed E-state index contributed by atoms with van der Waals surface area (Å²) in [5, 5.41) is 10.5. The molecule has 0 N–H and O–H groups in total. The molecule has 0 bridgehead atoms. The highest BCUT2D eigenvalue weighted by molar-refractivity contribution is 7.25. The maximum Gasteiger partial charge on any atom is 0.0555 e. The molecule has 34 heavy (non-hydrogen) atoms. The molecule has 0 amide bonds. The maximum absolute atomic E-state index is 2.44. The zero-order valence-electron chi connectivity index (χ0n) is 18.3. The van der Waals surface area contributed by atoms with Crippen LogP contribution < -0.4 is 0 Å². The summed E-state index contributed by atoms with van der Waals surface area (Å²) >= 11 is 1.88. The van der Waals surface area contributed by atoms with E-state index in [9.17, 15) is 0 Å². The lowest BCUT2D eigenvalue weighted by atomic mass is 10.0. The molecular formula is C32H19NS. The van der Waals surface area contributed by atoms with Crippen LogP contribution in [0.25, 0.3) is 69.2 Å². The maximum atomic E-state index is 2.44. The summed E-state index contributed by atoms with van der Waals surface area (Å²) in [5.74, 6) is 0. The number of hydrogen-bond donors (Lipinski definition) is 0. The summed E-state index contributed by atoms with van der Waals surface area (Å²) < 4.78 is 5.12. The van der Waals surface area contributed by atoms with E-state index in [0.717, 1.165) is 0 Å². The van der Waals surface area contributed by atoms with Crippen molar-refractivity contribution in [1.82, 2.24) is 4.57 Å². The summed E-state index contributed by atoms with van der Waals surface area (Å²) in [6, 6.07) is 42.3. The first kappa shape index (κ1) is 18.3. The molecular weight excluding hydrogens is 430 g/mol. The Morgan fingerprint density at radius 3 is 2.03 bits per heavy atom. The quantitative estimate of drug-likeness (QED) is 0.220. The molecule has 2 heteroatoms. The summed E-state index contributed by atoms with van der Waals surface area (Å²) in [4.78, 5) is 0. The van der Waals surface area contributed by atoms with Gasteiger partial charge in [0, 0.05) is 36.6 Å². The minimum absolute atomic E-state index is 1.20. The van der Waals surface area contributed by atoms with Crippen molar-refractivity contribution in [3.63, 3.8) is 0 Å². The van der Waals surface area contributed by atoms with E-state index in [1.807, 2.05) is 11.3 Å². The molecule has 0 saturated carbocycles. The third kappa shape index (κ3) is 2.43. The molecule has 0 aliphatic rings. The van der Waals surface area contributed by atoms with Crippen molar-refractivity contribution >= 4 is 74.9 Å². The monoisotopic (exact) mass is 449 g/mol. The number of nitrogens with zero attached hydrogens (tertiary/aromatic N) is 1. The lowest BCUT2D eigenvalue weighted by molar-refractivity contribution is 1.19. The molecule has 0 unspecified atom stereocenters. The molecule has 158 valence electrons. The molecule has 2 aromatic heterocycles. The second kappa shape index (κ2) is 6.69. The van der Waals surface area contributed by atoms with E-state index in [1.165, 1.54) is 69.2 Å². The standard InChI is InChI=1S/C32H19NS/c1-2-8-23-20(7-1)13-14-21-15-16-22(17-26(21)23)33-29-11-5-3-9-24(29)27-18-28-25-10-4-6-12-31(25)34-32(28)19-30(27)33/h1-19H. The van der Waals surface area contributed by atoms with Crippen LogP contribution in [0.3, 0.4) is 0 Å². The van der Waals surface area contributed by atoms with Crippen molar-refractivity contribution in [1.29, 1.82) is 0 Å². The van der Waals surface area contributed by atoms with E-state index in [-0.39, 0.29) is 0 Å². The van der Waals surface area contributed by atoms with Gasteiger partial charge < -0.3 is 4.57 Å². The second-order valence-electron chi connectivity index (χ2n) is 9.01. The van der Waals surface area contributed by atoms with Gasteiger partial charge in [0.15, 0.2) is 0 Å². The zero-order valence-corrected chi connectivity index (χ0v) is 19.1. The predicted octanol–water partition coefficient (Wildman–Crippen LogP) is 9.46. The predicted molar refractivity (Wildman–Crippen MR) is 149 cm³/mol. The smallest absolute Gasteiger partial charge is 0.0555 e.